The summed E-state index contributed by atoms with van der Waals surface area (Å²) in [5.74, 6) is -0.201. The Morgan fingerprint density at radius 2 is 1.86 bits per heavy atom. The molecule has 0 aliphatic rings. The van der Waals surface area contributed by atoms with E-state index in [1.807, 2.05) is 37.3 Å². The third-order valence-corrected chi connectivity index (χ3v) is 3.42. The fraction of sp³-hybridized carbons (Fsp3) is 0.421. The van der Waals surface area contributed by atoms with Gasteiger partial charge in [-0.25, -0.2) is 4.79 Å². The van der Waals surface area contributed by atoms with Crippen molar-refractivity contribution >= 4 is 18.1 Å². The molecule has 0 heterocycles. The first-order valence-electron chi connectivity index (χ1n) is 7.82. The maximum Gasteiger partial charge on any atom is 0.334 e. The molecule has 21 heavy (non-hydrogen) atoms. The third kappa shape index (κ3) is 5.99. The van der Waals surface area contributed by atoms with Crippen molar-refractivity contribution in [3.05, 3.63) is 47.5 Å². The van der Waals surface area contributed by atoms with Gasteiger partial charge in [-0.2, -0.15) is 0 Å². The Morgan fingerprint density at radius 1 is 1.14 bits per heavy atom. The molecule has 0 aliphatic carbocycles. The summed E-state index contributed by atoms with van der Waals surface area (Å²) in [5, 5.41) is 0. The van der Waals surface area contributed by atoms with Crippen LogP contribution in [0.5, 0.6) is 0 Å². The quantitative estimate of drug-likeness (QED) is 0.352. The molecule has 0 fully saturated rings. The zero-order chi connectivity index (χ0) is 15.5. The SMILES string of the molecule is C=Cc1ccccc1/C=C(\CC)C(=O)OCCCCCC. The Balaban J connectivity index is 2.66. The van der Waals surface area contributed by atoms with Gasteiger partial charge in [0, 0.05) is 5.57 Å². The van der Waals surface area contributed by atoms with Crippen LogP contribution in [0.3, 0.4) is 0 Å². The largest absolute Gasteiger partial charge is 0.462 e. The van der Waals surface area contributed by atoms with Gasteiger partial charge in [-0.15, -0.1) is 0 Å². The van der Waals surface area contributed by atoms with E-state index in [0.29, 0.717) is 18.6 Å². The van der Waals surface area contributed by atoms with Gasteiger partial charge >= 0.3 is 5.97 Å². The van der Waals surface area contributed by atoms with Gasteiger partial charge in [0.1, 0.15) is 0 Å². The van der Waals surface area contributed by atoms with Crippen LogP contribution < -0.4 is 0 Å². The Kier molecular flexibility index (Phi) is 8.18. The van der Waals surface area contributed by atoms with Gasteiger partial charge in [-0.3, -0.25) is 0 Å². The smallest absolute Gasteiger partial charge is 0.334 e. The second kappa shape index (κ2) is 9.98. The molecule has 0 unspecified atom stereocenters. The molecule has 0 bridgehead atoms. The monoisotopic (exact) mass is 286 g/mol. The first-order valence-corrected chi connectivity index (χ1v) is 7.82. The lowest BCUT2D eigenvalue weighted by molar-refractivity contribution is -0.139. The highest BCUT2D eigenvalue weighted by Crippen LogP contribution is 2.17. The summed E-state index contributed by atoms with van der Waals surface area (Å²) in [7, 11) is 0. The van der Waals surface area contributed by atoms with Crippen LogP contribution in [-0.4, -0.2) is 12.6 Å². The number of carbonyl (C=O) groups is 1. The van der Waals surface area contributed by atoms with Gasteiger partial charge in [0.15, 0.2) is 0 Å². The lowest BCUT2D eigenvalue weighted by atomic mass is 10.0. The number of unbranched alkanes of at least 4 members (excludes halogenated alkanes) is 3. The van der Waals surface area contributed by atoms with Gasteiger partial charge < -0.3 is 4.74 Å². The zero-order valence-corrected chi connectivity index (χ0v) is 13.2. The minimum Gasteiger partial charge on any atom is -0.462 e. The van der Waals surface area contributed by atoms with Crippen molar-refractivity contribution in [3.8, 4) is 0 Å². The number of benzene rings is 1. The van der Waals surface area contributed by atoms with E-state index in [1.165, 1.54) is 12.8 Å². The minimum absolute atomic E-state index is 0.201. The molecular weight excluding hydrogens is 260 g/mol. The molecule has 0 saturated heterocycles. The van der Waals surface area contributed by atoms with Crippen LogP contribution in [0.1, 0.15) is 57.1 Å². The molecule has 1 rings (SSSR count). The lowest BCUT2D eigenvalue weighted by Crippen LogP contribution is -2.08. The van der Waals surface area contributed by atoms with E-state index in [1.54, 1.807) is 6.08 Å². The van der Waals surface area contributed by atoms with E-state index in [9.17, 15) is 4.79 Å². The lowest BCUT2D eigenvalue weighted by Gasteiger charge is -2.08. The minimum atomic E-state index is -0.201. The first kappa shape index (κ1) is 17.2. The van der Waals surface area contributed by atoms with Crippen LogP contribution in [0, 0.1) is 0 Å². The van der Waals surface area contributed by atoms with Crippen molar-refractivity contribution in [1.29, 1.82) is 0 Å². The molecule has 2 heteroatoms. The number of carbonyl (C=O) groups excluding carboxylic acids is 1. The summed E-state index contributed by atoms with van der Waals surface area (Å²) in [6.07, 6.45) is 8.82. The molecule has 0 saturated carbocycles. The van der Waals surface area contributed by atoms with Crippen LogP contribution in [0.2, 0.25) is 0 Å². The molecule has 2 nitrogen and oxygen atoms in total. The molecule has 0 atom stereocenters. The van der Waals surface area contributed by atoms with Crippen molar-refractivity contribution in [1.82, 2.24) is 0 Å². The average molecular weight is 286 g/mol. The number of esters is 1. The summed E-state index contributed by atoms with van der Waals surface area (Å²) in [6, 6.07) is 7.90. The van der Waals surface area contributed by atoms with Gasteiger partial charge in [0.05, 0.1) is 6.61 Å². The Bertz CT molecular complexity index is 486. The highest BCUT2D eigenvalue weighted by molar-refractivity contribution is 5.94. The van der Waals surface area contributed by atoms with Gasteiger partial charge in [-0.1, -0.05) is 70.0 Å². The van der Waals surface area contributed by atoms with E-state index in [4.69, 9.17) is 4.74 Å². The van der Waals surface area contributed by atoms with Crippen LogP contribution in [-0.2, 0) is 9.53 Å². The second-order valence-corrected chi connectivity index (χ2v) is 5.05. The molecule has 114 valence electrons. The topological polar surface area (TPSA) is 26.3 Å². The molecule has 0 amide bonds. The van der Waals surface area contributed by atoms with Crippen molar-refractivity contribution in [2.24, 2.45) is 0 Å². The summed E-state index contributed by atoms with van der Waals surface area (Å²) in [5.41, 5.74) is 2.74. The van der Waals surface area contributed by atoms with Gasteiger partial charge in [0.2, 0.25) is 0 Å². The molecule has 0 aromatic heterocycles. The summed E-state index contributed by atoms with van der Waals surface area (Å²) in [6.45, 7) is 8.46. The molecule has 1 aromatic carbocycles. The number of hydrogen-bond acceptors (Lipinski definition) is 2. The van der Waals surface area contributed by atoms with Gasteiger partial charge in [0.25, 0.3) is 0 Å². The zero-order valence-electron chi connectivity index (χ0n) is 13.2. The highest BCUT2D eigenvalue weighted by atomic mass is 16.5. The fourth-order valence-electron chi connectivity index (χ4n) is 2.11. The predicted octanol–water partition coefficient (Wildman–Crippen LogP) is 5.25. The summed E-state index contributed by atoms with van der Waals surface area (Å²) >= 11 is 0. The van der Waals surface area contributed by atoms with Crippen LogP contribution in [0.15, 0.2) is 36.4 Å². The second-order valence-electron chi connectivity index (χ2n) is 5.05. The van der Waals surface area contributed by atoms with Crippen molar-refractivity contribution in [2.75, 3.05) is 6.61 Å². The number of ether oxygens (including phenoxy) is 1. The normalized spacial score (nSPS) is 11.2. The Hall–Kier alpha value is -1.83. The van der Waals surface area contributed by atoms with E-state index >= 15 is 0 Å². The van der Waals surface area contributed by atoms with Crippen LogP contribution in [0.4, 0.5) is 0 Å². The van der Waals surface area contributed by atoms with Crippen molar-refractivity contribution < 1.29 is 9.53 Å². The standard InChI is InChI=1S/C19H26O2/c1-4-7-8-11-14-21-19(20)17(6-3)15-18-13-10-9-12-16(18)5-2/h5,9-10,12-13,15H,2,4,6-8,11,14H2,1,3H3/b17-15+. The maximum atomic E-state index is 12.1. The van der Waals surface area contributed by atoms with Gasteiger partial charge in [-0.05, 0) is 30.0 Å². The van der Waals surface area contributed by atoms with E-state index in [2.05, 4.69) is 13.5 Å². The van der Waals surface area contributed by atoms with E-state index < -0.39 is 0 Å². The van der Waals surface area contributed by atoms with Crippen LogP contribution in [0.25, 0.3) is 12.2 Å². The summed E-state index contributed by atoms with van der Waals surface area (Å²) in [4.78, 5) is 12.1. The number of hydrogen-bond donors (Lipinski definition) is 0. The molecule has 0 spiro atoms. The van der Waals surface area contributed by atoms with Crippen molar-refractivity contribution in [3.63, 3.8) is 0 Å². The van der Waals surface area contributed by atoms with E-state index in [-0.39, 0.29) is 5.97 Å². The Morgan fingerprint density at radius 3 is 2.48 bits per heavy atom. The van der Waals surface area contributed by atoms with Crippen molar-refractivity contribution in [2.45, 2.75) is 46.0 Å². The molecular formula is C19H26O2. The van der Waals surface area contributed by atoms with Crippen LogP contribution >= 0.6 is 0 Å². The molecule has 1 aromatic rings. The predicted molar refractivity (Wildman–Crippen MR) is 89.9 cm³/mol. The molecule has 0 radical (unpaired) electrons. The molecule has 0 N–H and O–H groups in total. The third-order valence-electron chi connectivity index (χ3n) is 3.42. The highest BCUT2D eigenvalue weighted by Gasteiger charge is 2.09. The van der Waals surface area contributed by atoms with E-state index in [0.717, 1.165) is 24.0 Å². The average Bonchev–Trinajstić information content (AvgIpc) is 2.52. The maximum absolute atomic E-state index is 12.1. The molecule has 0 aliphatic heterocycles. The number of rotatable bonds is 9. The Labute approximate surface area is 128 Å². The first-order chi connectivity index (χ1) is 10.2. The fourth-order valence-corrected chi connectivity index (χ4v) is 2.11. The summed E-state index contributed by atoms with van der Waals surface area (Å²) < 4.78 is 5.35.